The van der Waals surface area contributed by atoms with Gasteiger partial charge in [-0.25, -0.2) is 15.0 Å². The molecule has 0 bridgehead atoms. The molecule has 4 aromatic rings. The molecule has 3 aromatic heterocycles. The lowest BCUT2D eigenvalue weighted by Crippen LogP contribution is -2.33. The van der Waals surface area contributed by atoms with E-state index in [0.29, 0.717) is 6.04 Å². The molecular weight excluding hydrogens is 342 g/mol. The van der Waals surface area contributed by atoms with Crippen molar-refractivity contribution < 1.29 is 0 Å². The van der Waals surface area contributed by atoms with Crippen molar-refractivity contribution in [3.05, 3.63) is 59.8 Å². The van der Waals surface area contributed by atoms with Crippen molar-refractivity contribution in [2.45, 2.75) is 25.4 Å². The Bertz CT molecular complexity index is 1010. The largest absolute Gasteiger partial charge is 0.351 e. The van der Waals surface area contributed by atoms with Crippen molar-refractivity contribution in [1.29, 1.82) is 0 Å². The fourth-order valence-corrected chi connectivity index (χ4v) is 4.38. The van der Waals surface area contributed by atoms with E-state index >= 15 is 0 Å². The Labute approximate surface area is 156 Å². The fourth-order valence-electron chi connectivity index (χ4n) is 3.74. The number of aromatic nitrogens is 4. The van der Waals surface area contributed by atoms with Crippen LogP contribution in [0.2, 0.25) is 0 Å². The zero-order chi connectivity index (χ0) is 17.3. The van der Waals surface area contributed by atoms with Crippen LogP contribution in [0.4, 0.5) is 5.82 Å². The fraction of sp³-hybridized carbons (Fsp3) is 0.250. The topological polar surface area (TPSA) is 46.8 Å². The lowest BCUT2D eigenvalue weighted by atomic mass is 10.1. The third-order valence-corrected chi connectivity index (χ3v) is 5.68. The minimum Gasteiger partial charge on any atom is -0.351 e. The number of thiophene rings is 1. The predicted octanol–water partition coefficient (Wildman–Crippen LogP) is 4.22. The van der Waals surface area contributed by atoms with Crippen molar-refractivity contribution in [2.75, 3.05) is 11.4 Å². The number of imidazole rings is 1. The zero-order valence-electron chi connectivity index (χ0n) is 14.3. The smallest absolute Gasteiger partial charge is 0.162 e. The molecule has 130 valence electrons. The summed E-state index contributed by atoms with van der Waals surface area (Å²) in [4.78, 5) is 16.4. The Morgan fingerprint density at radius 2 is 2.12 bits per heavy atom. The molecule has 1 aliphatic rings. The van der Waals surface area contributed by atoms with Gasteiger partial charge >= 0.3 is 0 Å². The van der Waals surface area contributed by atoms with Gasteiger partial charge in [-0.05, 0) is 36.4 Å². The van der Waals surface area contributed by atoms with Crippen molar-refractivity contribution >= 4 is 28.1 Å². The third-order valence-electron chi connectivity index (χ3n) is 4.99. The highest BCUT2D eigenvalue weighted by atomic mass is 32.1. The molecule has 1 unspecified atom stereocenters. The molecular formula is C20H19N5S. The van der Waals surface area contributed by atoms with E-state index in [-0.39, 0.29) is 0 Å². The van der Waals surface area contributed by atoms with Crippen molar-refractivity contribution in [3.8, 4) is 11.4 Å². The molecule has 0 N–H and O–H groups in total. The summed E-state index contributed by atoms with van der Waals surface area (Å²) in [5.41, 5.74) is 2.10. The summed E-state index contributed by atoms with van der Waals surface area (Å²) in [7, 11) is 0. The summed E-state index contributed by atoms with van der Waals surface area (Å²) in [5.74, 6) is 1.87. The maximum Gasteiger partial charge on any atom is 0.162 e. The summed E-state index contributed by atoms with van der Waals surface area (Å²) in [6, 6.07) is 10.8. The van der Waals surface area contributed by atoms with Crippen LogP contribution in [0.5, 0.6) is 0 Å². The average Bonchev–Trinajstić information content (AvgIpc) is 3.44. The van der Waals surface area contributed by atoms with Crippen LogP contribution < -0.4 is 4.90 Å². The Hall–Kier alpha value is -2.73. The first kappa shape index (κ1) is 15.5. The Morgan fingerprint density at radius 1 is 1.15 bits per heavy atom. The number of rotatable bonds is 4. The highest BCUT2D eigenvalue weighted by molar-refractivity contribution is 7.08. The van der Waals surface area contributed by atoms with Crippen LogP contribution in [0.15, 0.2) is 59.8 Å². The summed E-state index contributed by atoms with van der Waals surface area (Å²) >= 11 is 1.68. The van der Waals surface area contributed by atoms with Crippen LogP contribution in [0.3, 0.4) is 0 Å². The number of nitrogens with zero attached hydrogens (tertiary/aromatic N) is 5. The first-order chi connectivity index (χ1) is 12.9. The lowest BCUT2D eigenvalue weighted by Gasteiger charge is -2.27. The predicted molar refractivity (Wildman–Crippen MR) is 105 cm³/mol. The third kappa shape index (κ3) is 2.76. The molecule has 1 atom stereocenters. The van der Waals surface area contributed by atoms with Crippen molar-refractivity contribution in [1.82, 2.24) is 19.5 Å². The molecule has 1 fully saturated rings. The van der Waals surface area contributed by atoms with E-state index in [1.165, 1.54) is 12.8 Å². The molecule has 0 saturated carbocycles. The molecule has 4 heterocycles. The van der Waals surface area contributed by atoms with Gasteiger partial charge in [-0.1, -0.05) is 12.1 Å². The first-order valence-electron chi connectivity index (χ1n) is 8.90. The van der Waals surface area contributed by atoms with Crippen LogP contribution in [0.1, 0.15) is 12.8 Å². The normalized spacial score (nSPS) is 17.2. The Kier molecular flexibility index (Phi) is 3.90. The zero-order valence-corrected chi connectivity index (χ0v) is 15.1. The van der Waals surface area contributed by atoms with E-state index in [1.54, 1.807) is 11.3 Å². The van der Waals surface area contributed by atoms with Crippen LogP contribution in [0, 0.1) is 0 Å². The Morgan fingerprint density at radius 3 is 2.96 bits per heavy atom. The standard InChI is InChI=1S/C20H19N5S/c1-2-6-18-17(5-1)20(23-19(22-18)15-7-11-26-13-15)25-9-3-4-16(25)12-24-10-8-21-14-24/h1-2,5-8,10-11,13-14,16H,3-4,9,12H2. The van der Waals surface area contributed by atoms with Gasteiger partial charge in [0.15, 0.2) is 5.82 Å². The highest BCUT2D eigenvalue weighted by Crippen LogP contribution is 2.33. The van der Waals surface area contributed by atoms with Crippen LogP contribution in [0.25, 0.3) is 22.3 Å². The van der Waals surface area contributed by atoms with E-state index in [1.807, 2.05) is 24.8 Å². The van der Waals surface area contributed by atoms with Crippen LogP contribution >= 0.6 is 11.3 Å². The van der Waals surface area contributed by atoms with Gasteiger partial charge in [-0.15, -0.1) is 0 Å². The van der Waals surface area contributed by atoms with Gasteiger partial charge in [0.25, 0.3) is 0 Å². The average molecular weight is 361 g/mol. The second-order valence-corrected chi connectivity index (χ2v) is 7.43. The highest BCUT2D eigenvalue weighted by Gasteiger charge is 2.28. The van der Waals surface area contributed by atoms with Crippen LogP contribution in [-0.2, 0) is 6.54 Å². The minimum atomic E-state index is 0.429. The number of para-hydroxylation sites is 1. The first-order valence-corrected chi connectivity index (χ1v) is 9.84. The molecule has 1 aliphatic heterocycles. The number of hydrogen-bond donors (Lipinski definition) is 0. The molecule has 26 heavy (non-hydrogen) atoms. The summed E-state index contributed by atoms with van der Waals surface area (Å²) in [6.45, 7) is 1.97. The second kappa shape index (κ2) is 6.53. The van der Waals surface area contributed by atoms with Gasteiger partial charge in [0, 0.05) is 47.9 Å². The van der Waals surface area contributed by atoms with Gasteiger partial charge in [0.2, 0.25) is 0 Å². The quantitative estimate of drug-likeness (QED) is 0.546. The number of hydrogen-bond acceptors (Lipinski definition) is 5. The minimum absolute atomic E-state index is 0.429. The van der Waals surface area contributed by atoms with Crippen molar-refractivity contribution in [3.63, 3.8) is 0 Å². The van der Waals surface area contributed by atoms with E-state index in [0.717, 1.165) is 41.2 Å². The number of benzene rings is 1. The second-order valence-electron chi connectivity index (χ2n) is 6.65. The monoisotopic (exact) mass is 361 g/mol. The maximum atomic E-state index is 5.00. The molecule has 0 spiro atoms. The number of anilines is 1. The molecule has 1 aromatic carbocycles. The van der Waals surface area contributed by atoms with E-state index in [9.17, 15) is 0 Å². The SMILES string of the molecule is c1ccc2c(N3CCCC3Cn3ccnc3)nc(-c3ccsc3)nc2c1. The molecule has 0 amide bonds. The van der Waals surface area contributed by atoms with Gasteiger partial charge in [-0.3, -0.25) is 0 Å². The molecule has 1 saturated heterocycles. The van der Waals surface area contributed by atoms with E-state index in [2.05, 4.69) is 49.5 Å². The number of fused-ring (bicyclic) bond motifs is 1. The van der Waals surface area contributed by atoms with Gasteiger partial charge in [-0.2, -0.15) is 11.3 Å². The molecule has 0 aliphatic carbocycles. The summed E-state index contributed by atoms with van der Waals surface area (Å²) in [5, 5.41) is 5.32. The Balaban J connectivity index is 1.60. The summed E-state index contributed by atoms with van der Waals surface area (Å²) < 4.78 is 2.16. The van der Waals surface area contributed by atoms with E-state index < -0.39 is 0 Å². The molecule has 0 radical (unpaired) electrons. The molecule has 5 nitrogen and oxygen atoms in total. The van der Waals surface area contributed by atoms with Gasteiger partial charge in [0.05, 0.1) is 11.8 Å². The van der Waals surface area contributed by atoms with E-state index in [4.69, 9.17) is 9.97 Å². The lowest BCUT2D eigenvalue weighted by molar-refractivity contribution is 0.548. The maximum absolute atomic E-state index is 5.00. The van der Waals surface area contributed by atoms with Gasteiger partial charge < -0.3 is 9.47 Å². The van der Waals surface area contributed by atoms with Crippen LogP contribution in [-0.4, -0.2) is 32.1 Å². The molecule has 5 rings (SSSR count). The molecule has 6 heteroatoms. The summed E-state index contributed by atoms with van der Waals surface area (Å²) in [6.07, 6.45) is 8.13. The van der Waals surface area contributed by atoms with Crippen molar-refractivity contribution in [2.24, 2.45) is 0 Å². The van der Waals surface area contributed by atoms with Gasteiger partial charge in [0.1, 0.15) is 5.82 Å².